The lowest BCUT2D eigenvalue weighted by Gasteiger charge is -2.18. The first-order valence-corrected chi connectivity index (χ1v) is 7.07. The van der Waals surface area contributed by atoms with Crippen molar-refractivity contribution in [2.45, 2.75) is 25.9 Å². The lowest BCUT2D eigenvalue weighted by atomic mass is 10.1. The van der Waals surface area contributed by atoms with E-state index in [1.54, 1.807) is 0 Å². The molecule has 1 unspecified atom stereocenters. The van der Waals surface area contributed by atoms with Crippen molar-refractivity contribution in [3.8, 4) is 0 Å². The van der Waals surface area contributed by atoms with E-state index in [0.717, 1.165) is 24.4 Å². The summed E-state index contributed by atoms with van der Waals surface area (Å²) < 4.78 is 3.33. The van der Waals surface area contributed by atoms with Crippen molar-refractivity contribution < 1.29 is 0 Å². The van der Waals surface area contributed by atoms with Crippen molar-refractivity contribution in [2.75, 3.05) is 0 Å². The fourth-order valence-electron chi connectivity index (χ4n) is 2.02. The van der Waals surface area contributed by atoms with Crippen LogP contribution >= 0.6 is 22.6 Å². The number of hydrogen-bond donors (Lipinski definition) is 2. The Morgan fingerprint density at radius 2 is 2.22 bits per heavy atom. The third-order valence-corrected chi connectivity index (χ3v) is 3.84. The third kappa shape index (κ3) is 2.73. The molecule has 5 heteroatoms. The van der Waals surface area contributed by atoms with E-state index in [1.165, 1.54) is 3.57 Å². The Bertz CT molecular complexity index is 509. The molecule has 0 aliphatic rings. The molecule has 0 bridgehead atoms. The van der Waals surface area contributed by atoms with Gasteiger partial charge in [-0.05, 0) is 40.6 Å². The van der Waals surface area contributed by atoms with Gasteiger partial charge in [0.25, 0.3) is 0 Å². The molecule has 3 N–H and O–H groups in total. The highest BCUT2D eigenvalue weighted by Crippen LogP contribution is 2.24. The lowest BCUT2D eigenvalue weighted by molar-refractivity contribution is 0.544. The van der Waals surface area contributed by atoms with Gasteiger partial charge in [0.2, 0.25) is 0 Å². The summed E-state index contributed by atoms with van der Waals surface area (Å²) in [5.41, 5.74) is 4.03. The van der Waals surface area contributed by atoms with Gasteiger partial charge in [-0.3, -0.25) is 5.84 Å². The number of imidazole rings is 1. The zero-order valence-electron chi connectivity index (χ0n) is 10.3. The van der Waals surface area contributed by atoms with Crippen LogP contribution in [0.1, 0.15) is 30.8 Å². The van der Waals surface area contributed by atoms with E-state index >= 15 is 0 Å². The van der Waals surface area contributed by atoms with Crippen LogP contribution < -0.4 is 11.3 Å². The molecule has 0 amide bonds. The van der Waals surface area contributed by atoms with Crippen LogP contribution in [0.25, 0.3) is 0 Å². The zero-order chi connectivity index (χ0) is 13.0. The summed E-state index contributed by atoms with van der Waals surface area (Å²) in [6, 6.07) is 8.14. The molecule has 1 aromatic carbocycles. The lowest BCUT2D eigenvalue weighted by Crippen LogP contribution is -2.31. The summed E-state index contributed by atoms with van der Waals surface area (Å²) in [7, 11) is 0. The minimum atomic E-state index is -0.0698. The second kappa shape index (κ2) is 6.31. The molecule has 0 aliphatic carbocycles. The minimum Gasteiger partial charge on any atom is -0.333 e. The number of rotatable bonds is 5. The van der Waals surface area contributed by atoms with Crippen molar-refractivity contribution in [3.63, 3.8) is 0 Å². The Morgan fingerprint density at radius 3 is 2.89 bits per heavy atom. The molecule has 2 aromatic rings. The molecule has 4 nitrogen and oxygen atoms in total. The van der Waals surface area contributed by atoms with E-state index in [1.807, 2.05) is 24.5 Å². The maximum Gasteiger partial charge on any atom is 0.131 e. The van der Waals surface area contributed by atoms with Crippen molar-refractivity contribution in [3.05, 3.63) is 51.6 Å². The highest BCUT2D eigenvalue weighted by molar-refractivity contribution is 14.1. The average molecular weight is 356 g/mol. The molecule has 1 aromatic heterocycles. The van der Waals surface area contributed by atoms with Gasteiger partial charge in [0.1, 0.15) is 11.9 Å². The molecule has 0 saturated carbocycles. The van der Waals surface area contributed by atoms with Crippen LogP contribution in [-0.2, 0) is 6.54 Å². The van der Waals surface area contributed by atoms with E-state index in [9.17, 15) is 0 Å². The van der Waals surface area contributed by atoms with E-state index in [0.29, 0.717) is 0 Å². The first-order valence-electron chi connectivity index (χ1n) is 5.99. The van der Waals surface area contributed by atoms with E-state index < -0.39 is 0 Å². The molecule has 1 atom stereocenters. The fraction of sp³-hybridized carbons (Fsp3) is 0.308. The van der Waals surface area contributed by atoms with Crippen LogP contribution in [0.15, 0.2) is 36.7 Å². The molecule has 0 aliphatic heterocycles. The largest absolute Gasteiger partial charge is 0.333 e. The number of halogens is 1. The third-order valence-electron chi connectivity index (χ3n) is 2.85. The molecule has 2 rings (SSSR count). The van der Waals surface area contributed by atoms with Crippen molar-refractivity contribution >= 4 is 22.6 Å². The molecule has 18 heavy (non-hydrogen) atoms. The number of benzene rings is 1. The Labute approximate surface area is 121 Å². The van der Waals surface area contributed by atoms with Gasteiger partial charge in [-0.25, -0.2) is 10.4 Å². The molecule has 1 heterocycles. The van der Waals surface area contributed by atoms with Crippen LogP contribution in [-0.4, -0.2) is 9.55 Å². The SMILES string of the molecule is CCCn1ccnc1C(NN)c1ccccc1I. The number of hydrogen-bond acceptors (Lipinski definition) is 3. The number of aryl methyl sites for hydroxylation is 1. The smallest absolute Gasteiger partial charge is 0.131 e. The average Bonchev–Trinajstić information content (AvgIpc) is 2.82. The van der Waals surface area contributed by atoms with E-state index in [4.69, 9.17) is 5.84 Å². The number of hydrazine groups is 1. The Balaban J connectivity index is 2.39. The summed E-state index contributed by atoms with van der Waals surface area (Å²) in [5.74, 6) is 6.68. The maximum absolute atomic E-state index is 5.72. The van der Waals surface area contributed by atoms with Crippen LogP contribution in [0.2, 0.25) is 0 Å². The van der Waals surface area contributed by atoms with Crippen LogP contribution in [0, 0.1) is 3.57 Å². The quantitative estimate of drug-likeness (QED) is 0.492. The van der Waals surface area contributed by atoms with Gasteiger partial charge in [0, 0.05) is 22.5 Å². The first kappa shape index (κ1) is 13.5. The summed E-state index contributed by atoms with van der Waals surface area (Å²) in [6.45, 7) is 3.11. The molecular weight excluding hydrogens is 339 g/mol. The molecule has 0 saturated heterocycles. The monoisotopic (exact) mass is 356 g/mol. The Morgan fingerprint density at radius 1 is 1.44 bits per heavy atom. The highest BCUT2D eigenvalue weighted by atomic mass is 127. The maximum atomic E-state index is 5.72. The van der Waals surface area contributed by atoms with Gasteiger partial charge in [0.15, 0.2) is 0 Å². The van der Waals surface area contributed by atoms with Gasteiger partial charge < -0.3 is 4.57 Å². The molecule has 96 valence electrons. The van der Waals surface area contributed by atoms with Crippen LogP contribution in [0.3, 0.4) is 0 Å². The number of aromatic nitrogens is 2. The fourth-order valence-corrected chi connectivity index (χ4v) is 2.72. The number of nitrogens with two attached hydrogens (primary N) is 1. The van der Waals surface area contributed by atoms with Gasteiger partial charge in [-0.15, -0.1) is 0 Å². The van der Waals surface area contributed by atoms with Gasteiger partial charge in [-0.1, -0.05) is 25.1 Å². The molecule has 0 fully saturated rings. The number of nitrogens with one attached hydrogen (secondary N) is 1. The zero-order valence-corrected chi connectivity index (χ0v) is 12.5. The van der Waals surface area contributed by atoms with E-state index in [2.05, 4.69) is 56.6 Å². The molecule has 0 radical (unpaired) electrons. The molecular formula is C13H17IN4. The van der Waals surface area contributed by atoms with Crippen LogP contribution in [0.4, 0.5) is 0 Å². The standard InChI is InChI=1S/C13H17IN4/c1-2-8-18-9-7-16-13(18)12(17-15)10-5-3-4-6-11(10)14/h3-7,9,12,17H,2,8,15H2,1H3. The summed E-state index contributed by atoms with van der Waals surface area (Å²) in [5, 5.41) is 0. The summed E-state index contributed by atoms with van der Waals surface area (Å²) in [4.78, 5) is 4.44. The summed E-state index contributed by atoms with van der Waals surface area (Å²) >= 11 is 2.32. The predicted molar refractivity (Wildman–Crippen MR) is 80.8 cm³/mol. The highest BCUT2D eigenvalue weighted by Gasteiger charge is 2.19. The normalized spacial score (nSPS) is 12.6. The topological polar surface area (TPSA) is 55.9 Å². The van der Waals surface area contributed by atoms with Crippen LogP contribution in [0.5, 0.6) is 0 Å². The number of nitrogens with zero attached hydrogens (tertiary/aromatic N) is 2. The molecule has 0 spiro atoms. The second-order valence-electron chi connectivity index (χ2n) is 4.10. The van der Waals surface area contributed by atoms with Gasteiger partial charge >= 0.3 is 0 Å². The van der Waals surface area contributed by atoms with Crippen molar-refractivity contribution in [2.24, 2.45) is 5.84 Å². The second-order valence-corrected chi connectivity index (χ2v) is 5.26. The van der Waals surface area contributed by atoms with Gasteiger partial charge in [-0.2, -0.15) is 0 Å². The first-order chi connectivity index (χ1) is 8.77. The minimum absolute atomic E-state index is 0.0698. The summed E-state index contributed by atoms with van der Waals surface area (Å²) in [6.07, 6.45) is 4.90. The van der Waals surface area contributed by atoms with Gasteiger partial charge in [0.05, 0.1) is 0 Å². The predicted octanol–water partition coefficient (Wildman–Crippen LogP) is 2.45. The Hall–Kier alpha value is -0.920. The van der Waals surface area contributed by atoms with Crippen molar-refractivity contribution in [1.29, 1.82) is 0 Å². The van der Waals surface area contributed by atoms with Crippen molar-refractivity contribution in [1.82, 2.24) is 15.0 Å². The van der Waals surface area contributed by atoms with E-state index in [-0.39, 0.29) is 6.04 Å². The Kier molecular flexibility index (Phi) is 4.73.